The van der Waals surface area contributed by atoms with Crippen molar-refractivity contribution in [3.05, 3.63) is 23.0 Å². The third-order valence-electron chi connectivity index (χ3n) is 2.90. The van der Waals surface area contributed by atoms with Gasteiger partial charge in [0.05, 0.1) is 15.9 Å². The number of H-pyrrole nitrogens is 1. The van der Waals surface area contributed by atoms with Gasteiger partial charge in [-0.15, -0.1) is 0 Å². The maximum atomic E-state index is 11.8. The van der Waals surface area contributed by atoms with E-state index in [1.807, 2.05) is 10.6 Å². The zero-order chi connectivity index (χ0) is 14.0. The highest BCUT2D eigenvalue weighted by molar-refractivity contribution is 7.98. The summed E-state index contributed by atoms with van der Waals surface area (Å²) in [6, 6.07) is 5.26. The number of imidazole rings is 1. The van der Waals surface area contributed by atoms with E-state index < -0.39 is 9.84 Å². The lowest BCUT2D eigenvalue weighted by atomic mass is 10.3. The first-order valence-corrected chi connectivity index (χ1v) is 9.55. The minimum absolute atomic E-state index is 0.305. The third kappa shape index (κ3) is 3.04. The number of para-hydroxylation sites is 1. The molecule has 1 aromatic carbocycles. The van der Waals surface area contributed by atoms with Crippen LogP contribution in [0.5, 0.6) is 0 Å². The van der Waals surface area contributed by atoms with E-state index in [-0.39, 0.29) is 0 Å². The van der Waals surface area contributed by atoms with Crippen molar-refractivity contribution >= 4 is 44.9 Å². The van der Waals surface area contributed by atoms with Crippen molar-refractivity contribution in [2.75, 3.05) is 18.3 Å². The summed E-state index contributed by atoms with van der Waals surface area (Å²) >= 11 is 7.08. The molecule has 0 unspecified atom stereocenters. The zero-order valence-electron chi connectivity index (χ0n) is 10.8. The lowest BCUT2D eigenvalue weighted by Gasteiger charge is -2.04. The van der Waals surface area contributed by atoms with Gasteiger partial charge in [0.2, 0.25) is 0 Å². The Morgan fingerprint density at radius 3 is 2.79 bits per heavy atom. The fraction of sp³-hybridized carbons (Fsp3) is 0.417. The number of sulfone groups is 1. The number of hydrogen-bond acceptors (Lipinski definition) is 4. The number of nitrogens with one attached hydrogen (secondary N) is 1. The summed E-state index contributed by atoms with van der Waals surface area (Å²) in [6.07, 6.45) is 4.28. The number of rotatable bonds is 5. The van der Waals surface area contributed by atoms with E-state index in [4.69, 9.17) is 12.2 Å². The monoisotopic (exact) mass is 316 g/mol. The molecular weight excluding hydrogens is 300 g/mol. The molecule has 0 saturated carbocycles. The maximum absolute atomic E-state index is 11.8. The number of hydrogen-bond donors (Lipinski definition) is 1. The molecule has 19 heavy (non-hydrogen) atoms. The lowest BCUT2D eigenvalue weighted by molar-refractivity contribution is 0.602. The molecule has 1 heterocycles. The van der Waals surface area contributed by atoms with Crippen LogP contribution in [-0.2, 0) is 16.4 Å². The van der Waals surface area contributed by atoms with Crippen molar-refractivity contribution in [2.24, 2.45) is 0 Å². The van der Waals surface area contributed by atoms with Crippen LogP contribution in [0.25, 0.3) is 11.0 Å². The Labute approximate surface area is 122 Å². The van der Waals surface area contributed by atoms with Crippen LogP contribution >= 0.6 is 24.0 Å². The van der Waals surface area contributed by atoms with E-state index >= 15 is 0 Å². The standard InChI is InChI=1S/C12H16N2O2S3/c1-18-8-4-7-14-9-5-3-6-10(19(2,15)16)11(9)13-12(14)17/h3,5-6H,4,7-8H2,1-2H3,(H,13,17). The minimum atomic E-state index is -3.25. The normalized spacial score (nSPS) is 12.1. The number of aryl methyl sites for hydroxylation is 1. The quantitative estimate of drug-likeness (QED) is 0.681. The summed E-state index contributed by atoms with van der Waals surface area (Å²) in [4.78, 5) is 3.33. The number of benzene rings is 1. The minimum Gasteiger partial charge on any atom is -0.329 e. The van der Waals surface area contributed by atoms with Crippen molar-refractivity contribution < 1.29 is 8.42 Å². The number of aromatic nitrogens is 2. The molecule has 1 N–H and O–H groups in total. The SMILES string of the molecule is CSCCCn1c(=S)[nH]c2c(S(C)(=O)=O)cccc21. The Balaban J connectivity index is 2.57. The molecule has 4 nitrogen and oxygen atoms in total. The summed E-state index contributed by atoms with van der Waals surface area (Å²) in [5, 5.41) is 0. The Hall–Kier alpha value is -0.790. The first-order chi connectivity index (χ1) is 8.95. The zero-order valence-corrected chi connectivity index (χ0v) is 13.3. The molecule has 0 atom stereocenters. The van der Waals surface area contributed by atoms with Gasteiger partial charge < -0.3 is 9.55 Å². The summed E-state index contributed by atoms with van der Waals surface area (Å²) in [6.45, 7) is 0.799. The summed E-state index contributed by atoms with van der Waals surface area (Å²) in [5.74, 6) is 1.06. The van der Waals surface area contributed by atoms with Crippen LogP contribution in [0.3, 0.4) is 0 Å². The Morgan fingerprint density at radius 1 is 1.42 bits per heavy atom. The average molecular weight is 316 g/mol. The molecule has 1 aromatic heterocycles. The van der Waals surface area contributed by atoms with E-state index in [0.717, 1.165) is 24.2 Å². The molecule has 2 aromatic rings. The van der Waals surface area contributed by atoms with Crippen LogP contribution in [0, 0.1) is 4.77 Å². The maximum Gasteiger partial charge on any atom is 0.178 e. The third-order valence-corrected chi connectivity index (χ3v) is 5.06. The van der Waals surface area contributed by atoms with E-state index in [0.29, 0.717) is 15.2 Å². The highest BCUT2D eigenvalue weighted by atomic mass is 32.2. The van der Waals surface area contributed by atoms with Gasteiger partial charge in [0.1, 0.15) is 0 Å². The van der Waals surface area contributed by atoms with Crippen LogP contribution in [0.15, 0.2) is 23.1 Å². The second-order valence-electron chi connectivity index (χ2n) is 4.35. The van der Waals surface area contributed by atoms with Crippen LogP contribution in [-0.4, -0.2) is 36.2 Å². The van der Waals surface area contributed by atoms with Crippen molar-refractivity contribution in [3.63, 3.8) is 0 Å². The molecule has 7 heteroatoms. The second-order valence-corrected chi connectivity index (χ2v) is 7.71. The van der Waals surface area contributed by atoms with Crippen LogP contribution in [0.1, 0.15) is 6.42 Å². The molecule has 0 aliphatic heterocycles. The molecule has 0 spiro atoms. The van der Waals surface area contributed by atoms with Gasteiger partial charge in [-0.25, -0.2) is 8.42 Å². The van der Waals surface area contributed by atoms with Gasteiger partial charge in [0.25, 0.3) is 0 Å². The fourth-order valence-electron chi connectivity index (χ4n) is 2.05. The van der Waals surface area contributed by atoms with Crippen LogP contribution in [0.4, 0.5) is 0 Å². The number of fused-ring (bicyclic) bond motifs is 1. The van der Waals surface area contributed by atoms with Crippen molar-refractivity contribution in [1.29, 1.82) is 0 Å². The number of nitrogens with zero attached hydrogens (tertiary/aromatic N) is 1. The Kier molecular flexibility index (Phi) is 4.37. The Bertz CT molecular complexity index is 744. The van der Waals surface area contributed by atoms with Crippen molar-refractivity contribution in [3.8, 4) is 0 Å². The number of thioether (sulfide) groups is 1. The van der Waals surface area contributed by atoms with Crippen LogP contribution in [0.2, 0.25) is 0 Å². The van der Waals surface area contributed by atoms with Gasteiger partial charge in [-0.05, 0) is 42.8 Å². The van der Waals surface area contributed by atoms with E-state index in [9.17, 15) is 8.42 Å². The van der Waals surface area contributed by atoms with E-state index in [2.05, 4.69) is 11.2 Å². The highest BCUT2D eigenvalue weighted by Crippen LogP contribution is 2.22. The van der Waals surface area contributed by atoms with Crippen molar-refractivity contribution in [2.45, 2.75) is 17.9 Å². The van der Waals surface area contributed by atoms with Gasteiger partial charge in [0.15, 0.2) is 14.6 Å². The summed E-state index contributed by atoms with van der Waals surface area (Å²) < 4.78 is 26.1. The topological polar surface area (TPSA) is 54.9 Å². The van der Waals surface area contributed by atoms with Crippen molar-refractivity contribution in [1.82, 2.24) is 9.55 Å². The fourth-order valence-corrected chi connectivity index (χ4v) is 3.61. The largest absolute Gasteiger partial charge is 0.329 e. The first-order valence-electron chi connectivity index (χ1n) is 5.85. The summed E-state index contributed by atoms with van der Waals surface area (Å²) in [7, 11) is -3.25. The van der Waals surface area contributed by atoms with Gasteiger partial charge >= 0.3 is 0 Å². The van der Waals surface area contributed by atoms with Gasteiger partial charge in [-0.3, -0.25) is 0 Å². The van der Waals surface area contributed by atoms with E-state index in [1.165, 1.54) is 6.26 Å². The molecule has 0 radical (unpaired) electrons. The molecule has 0 fully saturated rings. The highest BCUT2D eigenvalue weighted by Gasteiger charge is 2.15. The lowest BCUT2D eigenvalue weighted by Crippen LogP contribution is -2.00. The summed E-state index contributed by atoms with van der Waals surface area (Å²) in [5.41, 5.74) is 1.47. The molecule has 0 bridgehead atoms. The van der Waals surface area contributed by atoms with Gasteiger partial charge in [0, 0.05) is 12.8 Å². The van der Waals surface area contributed by atoms with Gasteiger partial charge in [-0.1, -0.05) is 6.07 Å². The van der Waals surface area contributed by atoms with Crippen LogP contribution < -0.4 is 0 Å². The first kappa shape index (κ1) is 14.6. The predicted octanol–water partition coefficient (Wildman–Crippen LogP) is 2.86. The number of aromatic amines is 1. The average Bonchev–Trinajstić information content (AvgIpc) is 2.64. The molecule has 2 rings (SSSR count). The van der Waals surface area contributed by atoms with Gasteiger partial charge in [-0.2, -0.15) is 11.8 Å². The molecular formula is C12H16N2O2S3. The smallest absolute Gasteiger partial charge is 0.178 e. The molecule has 0 saturated heterocycles. The predicted molar refractivity (Wildman–Crippen MR) is 83.2 cm³/mol. The van der Waals surface area contributed by atoms with E-state index in [1.54, 1.807) is 23.9 Å². The molecule has 0 amide bonds. The molecule has 0 aliphatic carbocycles. The molecule has 104 valence electrons. The Morgan fingerprint density at radius 2 is 2.16 bits per heavy atom. The second kappa shape index (κ2) is 5.68. The molecule has 0 aliphatic rings.